The monoisotopic (exact) mass is 1090 g/mol. The average molecular weight is 1090 g/mol. The molecule has 0 radical (unpaired) electrons. The molecule has 2 aromatic heterocycles. The molecule has 0 bridgehead atoms. The summed E-state index contributed by atoms with van der Waals surface area (Å²) in [5, 5.41) is 37.6. The second-order valence-electron chi connectivity index (χ2n) is 18.9. The van der Waals surface area contributed by atoms with Crippen molar-refractivity contribution in [1.29, 1.82) is 0 Å². The molecule has 392 valence electrons. The quantitative estimate of drug-likeness (QED) is 0.0835. The van der Waals surface area contributed by atoms with E-state index in [-0.39, 0.29) is 33.0 Å². The van der Waals surface area contributed by atoms with Gasteiger partial charge < -0.3 is 10.2 Å². The predicted molar refractivity (Wildman–Crippen MR) is 288 cm³/mol. The second kappa shape index (κ2) is 25.2. The van der Waals surface area contributed by atoms with E-state index in [1.807, 2.05) is 39.8 Å². The van der Waals surface area contributed by atoms with Crippen molar-refractivity contribution in [2.75, 3.05) is 49.1 Å². The SMILES string of the molecule is CCCCN(C(=O)c1cccc(Cl)c1F)c1nnc(-c2cc(C)c(CN3CC(C(=O)O)C3)c(C)c2)s1.CCCCN(C(=O)c1cccc(Cl)c1F)c1nnc(-c2cc(C)c(CN3CCC(C(=O)O)CC3)c(C)c2)s1. The van der Waals surface area contributed by atoms with Gasteiger partial charge in [0.05, 0.1) is 33.0 Å². The normalized spacial score (nSPS) is 14.3. The lowest BCUT2D eigenvalue weighted by Gasteiger charge is -2.37. The number of nitrogens with zero attached hydrogens (tertiary/aromatic N) is 8. The summed E-state index contributed by atoms with van der Waals surface area (Å²) in [7, 11) is 0. The number of benzene rings is 4. The number of aryl methyl sites for hydroxylation is 4. The lowest BCUT2D eigenvalue weighted by molar-refractivity contribution is -0.148. The number of likely N-dealkylation sites (tertiary alicyclic amines) is 2. The Morgan fingerprint density at radius 3 is 1.39 bits per heavy atom. The van der Waals surface area contributed by atoms with E-state index in [2.05, 4.69) is 56.2 Å². The fourth-order valence-electron chi connectivity index (χ4n) is 9.08. The van der Waals surface area contributed by atoms with Gasteiger partial charge in [0.1, 0.15) is 10.0 Å². The first-order valence-electron chi connectivity index (χ1n) is 24.7. The average Bonchev–Trinajstić information content (AvgIpc) is 4.05. The van der Waals surface area contributed by atoms with Gasteiger partial charge in [-0.25, -0.2) is 8.78 Å². The number of carboxylic acids is 2. The Labute approximate surface area is 448 Å². The van der Waals surface area contributed by atoms with Gasteiger partial charge in [0.25, 0.3) is 11.8 Å². The van der Waals surface area contributed by atoms with E-state index in [4.69, 9.17) is 28.3 Å². The van der Waals surface area contributed by atoms with Crippen molar-refractivity contribution in [3.05, 3.63) is 127 Å². The number of aromatic nitrogens is 4. The van der Waals surface area contributed by atoms with Crippen LogP contribution in [0.15, 0.2) is 60.7 Å². The number of halogens is 4. The highest BCUT2D eigenvalue weighted by Crippen LogP contribution is 2.36. The molecule has 2 fully saturated rings. The molecule has 0 aliphatic carbocycles. The molecule has 2 aliphatic rings. The van der Waals surface area contributed by atoms with Crippen molar-refractivity contribution in [3.63, 3.8) is 0 Å². The van der Waals surface area contributed by atoms with Gasteiger partial charge in [0.15, 0.2) is 11.6 Å². The molecule has 8 rings (SSSR count). The van der Waals surface area contributed by atoms with Gasteiger partial charge in [-0.2, -0.15) is 0 Å². The molecule has 4 aromatic carbocycles. The number of carboxylic acid groups (broad SMARTS) is 2. The van der Waals surface area contributed by atoms with Crippen LogP contribution >= 0.6 is 45.9 Å². The van der Waals surface area contributed by atoms with Crippen LogP contribution in [0.4, 0.5) is 19.0 Å². The van der Waals surface area contributed by atoms with Crippen LogP contribution in [0.2, 0.25) is 10.0 Å². The zero-order chi connectivity index (χ0) is 53.4. The molecule has 4 heterocycles. The fraction of sp³-hybridized carbons (Fsp3) is 0.407. The highest BCUT2D eigenvalue weighted by molar-refractivity contribution is 7.19. The maximum Gasteiger partial charge on any atom is 0.309 e. The molecule has 2 aliphatic heterocycles. The Hall–Kier alpha value is -5.76. The van der Waals surface area contributed by atoms with Gasteiger partial charge in [0.2, 0.25) is 10.3 Å². The highest BCUT2D eigenvalue weighted by Gasteiger charge is 2.33. The molecule has 0 saturated carbocycles. The summed E-state index contributed by atoms with van der Waals surface area (Å²) < 4.78 is 29.2. The van der Waals surface area contributed by atoms with E-state index >= 15 is 0 Å². The summed E-state index contributed by atoms with van der Waals surface area (Å²) >= 11 is 14.4. The lowest BCUT2D eigenvalue weighted by atomic mass is 9.95. The van der Waals surface area contributed by atoms with Crippen LogP contribution in [-0.4, -0.2) is 103 Å². The minimum Gasteiger partial charge on any atom is -0.481 e. The minimum absolute atomic E-state index is 0.0891. The number of carbonyl (C=O) groups excluding carboxylic acids is 2. The van der Waals surface area contributed by atoms with Gasteiger partial charge in [-0.1, -0.05) is 84.7 Å². The molecule has 0 spiro atoms. The maximum atomic E-state index is 14.6. The van der Waals surface area contributed by atoms with Crippen LogP contribution in [0.5, 0.6) is 0 Å². The van der Waals surface area contributed by atoms with Crippen molar-refractivity contribution in [3.8, 4) is 21.1 Å². The third-order valence-electron chi connectivity index (χ3n) is 13.5. The molecule has 2 N–H and O–H groups in total. The molecule has 20 heteroatoms. The molecule has 2 saturated heterocycles. The Morgan fingerprint density at radius 1 is 0.622 bits per heavy atom. The van der Waals surface area contributed by atoms with E-state index in [0.29, 0.717) is 65.8 Å². The third-order valence-corrected chi connectivity index (χ3v) is 16.1. The number of aliphatic carboxylic acids is 2. The van der Waals surface area contributed by atoms with Crippen molar-refractivity contribution in [2.45, 2.75) is 93.2 Å². The summed E-state index contributed by atoms with van der Waals surface area (Å²) in [6.07, 6.45) is 4.53. The van der Waals surface area contributed by atoms with Gasteiger partial charge >= 0.3 is 11.9 Å². The maximum absolute atomic E-state index is 14.6. The standard InChI is InChI=1S/C28H32ClFN4O3S.C26H28ClFN4O3S/c1-4-5-11-34(26(35)21-7-6-8-23(29)24(21)30)28-32-31-25(38-28)20-14-17(2)22(18(3)15-20)16-33-12-9-19(10-13-33)27(36)37;1-4-5-9-32(24(33)19-7-6-8-21(27)22(19)28)26-30-29-23(36-26)17-10-15(2)20(16(3)11-17)14-31-12-18(13-31)25(34)35/h6-8,14-15,19H,4-5,9-13,16H2,1-3H3,(H,36,37);6-8,10-11,18H,4-5,9,12-14H2,1-3H3,(H,34,35). The Bertz CT molecular complexity index is 2970. The second-order valence-corrected chi connectivity index (χ2v) is 21.6. The first kappa shape index (κ1) is 56.0. The molecule has 6 aromatic rings. The Balaban J connectivity index is 0.000000217. The third kappa shape index (κ3) is 13.2. The molecular formula is C54H60Cl2F2N8O6S2. The van der Waals surface area contributed by atoms with Gasteiger partial charge in [0, 0.05) is 50.4 Å². The van der Waals surface area contributed by atoms with Crippen LogP contribution in [0.25, 0.3) is 21.1 Å². The zero-order valence-corrected chi connectivity index (χ0v) is 45.4. The van der Waals surface area contributed by atoms with Crippen molar-refractivity contribution < 1.29 is 38.2 Å². The van der Waals surface area contributed by atoms with E-state index in [0.717, 1.165) is 78.7 Å². The molecule has 2 amide bonds. The number of anilines is 2. The van der Waals surface area contributed by atoms with Crippen LogP contribution in [0.1, 0.15) is 106 Å². The lowest BCUT2D eigenvalue weighted by Crippen LogP contribution is -2.49. The Kier molecular flexibility index (Phi) is 19.0. The van der Waals surface area contributed by atoms with Crippen LogP contribution in [0, 0.1) is 51.2 Å². The summed E-state index contributed by atoms with van der Waals surface area (Å²) in [6, 6.07) is 17.0. The fourth-order valence-corrected chi connectivity index (χ4v) is 11.1. The molecular weight excluding hydrogens is 1030 g/mol. The molecule has 0 atom stereocenters. The largest absolute Gasteiger partial charge is 0.481 e. The van der Waals surface area contributed by atoms with E-state index < -0.39 is 35.4 Å². The number of unbranched alkanes of at least 4 members (excludes halogenated alkanes) is 2. The van der Waals surface area contributed by atoms with Crippen LogP contribution in [-0.2, 0) is 22.7 Å². The molecule has 0 unspecified atom stereocenters. The topological polar surface area (TPSA) is 173 Å². The van der Waals surface area contributed by atoms with Crippen molar-refractivity contribution >= 4 is 79.9 Å². The smallest absolute Gasteiger partial charge is 0.309 e. The van der Waals surface area contributed by atoms with Gasteiger partial charge in [-0.05, 0) is 148 Å². The van der Waals surface area contributed by atoms with Crippen LogP contribution in [0.3, 0.4) is 0 Å². The first-order chi connectivity index (χ1) is 35.4. The highest BCUT2D eigenvalue weighted by atomic mass is 35.5. The van der Waals surface area contributed by atoms with E-state index in [1.165, 1.54) is 67.9 Å². The minimum atomic E-state index is -0.744. The Morgan fingerprint density at radius 2 is 1.01 bits per heavy atom. The van der Waals surface area contributed by atoms with E-state index in [1.54, 1.807) is 12.1 Å². The van der Waals surface area contributed by atoms with E-state index in [9.17, 15) is 33.1 Å². The molecule has 14 nitrogen and oxygen atoms in total. The predicted octanol–water partition coefficient (Wildman–Crippen LogP) is 11.9. The molecule has 74 heavy (non-hydrogen) atoms. The summed E-state index contributed by atoms with van der Waals surface area (Å²) in [6.45, 7) is 17.2. The first-order valence-corrected chi connectivity index (χ1v) is 27.1. The number of carbonyl (C=O) groups is 4. The number of piperidine rings is 1. The summed E-state index contributed by atoms with van der Waals surface area (Å²) in [5.74, 6) is -4.45. The number of hydrogen-bond donors (Lipinski definition) is 2. The van der Waals surface area contributed by atoms with Gasteiger partial charge in [-0.3, -0.25) is 38.8 Å². The summed E-state index contributed by atoms with van der Waals surface area (Å²) in [5.41, 5.74) is 8.42. The van der Waals surface area contributed by atoms with Crippen LogP contribution < -0.4 is 9.80 Å². The van der Waals surface area contributed by atoms with Crippen molar-refractivity contribution in [1.82, 2.24) is 30.2 Å². The summed E-state index contributed by atoms with van der Waals surface area (Å²) in [4.78, 5) is 56.3. The number of hydrogen-bond acceptors (Lipinski definition) is 12. The zero-order valence-electron chi connectivity index (χ0n) is 42.3. The number of amides is 2. The number of rotatable bonds is 18. The van der Waals surface area contributed by atoms with Crippen molar-refractivity contribution in [2.24, 2.45) is 11.8 Å². The van der Waals surface area contributed by atoms with Gasteiger partial charge in [-0.15, -0.1) is 20.4 Å².